The second kappa shape index (κ2) is 4.28. The number of hydrogen-bond acceptors (Lipinski definition) is 4. The Morgan fingerprint density at radius 3 is 3.06 bits per heavy atom. The minimum atomic E-state index is -0.101. The normalized spacial score (nSPS) is 23.6. The second-order valence-corrected chi connectivity index (χ2v) is 4.46. The standard InChI is InChI=1S/C13H16N2O2/c16-13-12(6-9-17-13)15-8-3-7-14-10-4-1-2-5-11(10)15/h1-2,4-5,12,14H,3,6-9H2. The summed E-state index contributed by atoms with van der Waals surface area (Å²) in [6, 6.07) is 8.06. The highest BCUT2D eigenvalue weighted by atomic mass is 16.5. The zero-order valence-electron chi connectivity index (χ0n) is 9.69. The summed E-state index contributed by atoms with van der Waals surface area (Å²) in [5.41, 5.74) is 2.23. The fraction of sp³-hybridized carbons (Fsp3) is 0.462. The third-order valence-electron chi connectivity index (χ3n) is 3.39. The zero-order valence-corrected chi connectivity index (χ0v) is 9.69. The van der Waals surface area contributed by atoms with Crippen LogP contribution < -0.4 is 10.2 Å². The van der Waals surface area contributed by atoms with Crippen molar-refractivity contribution in [2.75, 3.05) is 29.9 Å². The van der Waals surface area contributed by atoms with E-state index in [9.17, 15) is 4.79 Å². The van der Waals surface area contributed by atoms with Crippen LogP contribution in [0.1, 0.15) is 12.8 Å². The molecule has 1 saturated heterocycles. The fourth-order valence-electron chi connectivity index (χ4n) is 2.56. The first-order chi connectivity index (χ1) is 8.36. The van der Waals surface area contributed by atoms with Gasteiger partial charge in [-0.1, -0.05) is 12.1 Å². The molecule has 1 unspecified atom stereocenters. The lowest BCUT2D eigenvalue weighted by Gasteiger charge is -2.28. The monoisotopic (exact) mass is 232 g/mol. The van der Waals surface area contributed by atoms with Gasteiger partial charge in [0.15, 0.2) is 0 Å². The van der Waals surface area contributed by atoms with Crippen molar-refractivity contribution >= 4 is 17.3 Å². The molecule has 4 nitrogen and oxygen atoms in total. The molecule has 0 amide bonds. The number of carbonyl (C=O) groups excluding carboxylic acids is 1. The molecule has 2 heterocycles. The first kappa shape index (κ1) is 10.4. The average molecular weight is 232 g/mol. The molecule has 4 heteroatoms. The Balaban J connectivity index is 1.96. The smallest absolute Gasteiger partial charge is 0.328 e. The molecule has 0 radical (unpaired) electrons. The molecular weight excluding hydrogens is 216 g/mol. The van der Waals surface area contributed by atoms with Crippen molar-refractivity contribution in [2.45, 2.75) is 18.9 Å². The van der Waals surface area contributed by atoms with Crippen LogP contribution in [0.4, 0.5) is 11.4 Å². The molecule has 0 saturated carbocycles. The van der Waals surface area contributed by atoms with Gasteiger partial charge in [-0.15, -0.1) is 0 Å². The molecule has 2 aliphatic rings. The number of anilines is 2. The summed E-state index contributed by atoms with van der Waals surface area (Å²) in [5, 5.41) is 3.40. The lowest BCUT2D eigenvalue weighted by molar-refractivity contribution is -0.139. The lowest BCUT2D eigenvalue weighted by atomic mass is 10.1. The van der Waals surface area contributed by atoms with Crippen molar-refractivity contribution < 1.29 is 9.53 Å². The first-order valence-corrected chi connectivity index (χ1v) is 6.12. The number of rotatable bonds is 1. The molecule has 90 valence electrons. The molecule has 2 aliphatic heterocycles. The van der Waals surface area contributed by atoms with Crippen LogP contribution in [0.3, 0.4) is 0 Å². The quantitative estimate of drug-likeness (QED) is 0.747. The van der Waals surface area contributed by atoms with E-state index in [1.54, 1.807) is 0 Å². The summed E-state index contributed by atoms with van der Waals surface area (Å²) in [6.45, 7) is 2.41. The largest absolute Gasteiger partial charge is 0.464 e. The third-order valence-corrected chi connectivity index (χ3v) is 3.39. The van der Waals surface area contributed by atoms with Crippen LogP contribution in [0.5, 0.6) is 0 Å². The number of fused-ring (bicyclic) bond motifs is 1. The fourth-order valence-corrected chi connectivity index (χ4v) is 2.56. The molecule has 17 heavy (non-hydrogen) atoms. The maximum Gasteiger partial charge on any atom is 0.328 e. The molecule has 0 spiro atoms. The Morgan fingerprint density at radius 2 is 2.24 bits per heavy atom. The number of ether oxygens (including phenoxy) is 1. The van der Waals surface area contributed by atoms with Crippen LogP contribution in [0.2, 0.25) is 0 Å². The van der Waals surface area contributed by atoms with E-state index in [2.05, 4.69) is 22.3 Å². The Kier molecular flexibility index (Phi) is 2.63. The van der Waals surface area contributed by atoms with Crippen LogP contribution in [0.25, 0.3) is 0 Å². The summed E-state index contributed by atoms with van der Waals surface area (Å²) in [5.74, 6) is -0.0818. The van der Waals surface area contributed by atoms with Gasteiger partial charge in [0.1, 0.15) is 6.04 Å². The van der Waals surface area contributed by atoms with Crippen LogP contribution in [-0.4, -0.2) is 31.7 Å². The van der Waals surface area contributed by atoms with Gasteiger partial charge in [-0.05, 0) is 18.6 Å². The van der Waals surface area contributed by atoms with Crippen LogP contribution >= 0.6 is 0 Å². The number of nitrogens with one attached hydrogen (secondary N) is 1. The van der Waals surface area contributed by atoms with Gasteiger partial charge >= 0.3 is 5.97 Å². The topological polar surface area (TPSA) is 41.6 Å². The molecular formula is C13H16N2O2. The molecule has 3 rings (SSSR count). The van der Waals surface area contributed by atoms with E-state index in [-0.39, 0.29) is 12.0 Å². The summed E-state index contributed by atoms with van der Waals surface area (Å²) in [4.78, 5) is 13.9. The van der Waals surface area contributed by atoms with Crippen molar-refractivity contribution in [3.05, 3.63) is 24.3 Å². The molecule has 1 N–H and O–H groups in total. The number of nitrogens with zero attached hydrogens (tertiary/aromatic N) is 1. The molecule has 1 fully saturated rings. The predicted molar refractivity (Wildman–Crippen MR) is 66.3 cm³/mol. The molecule has 1 aromatic carbocycles. The number of hydrogen-bond donors (Lipinski definition) is 1. The Bertz CT molecular complexity index is 433. The van der Waals surface area contributed by atoms with Gasteiger partial charge in [-0.3, -0.25) is 0 Å². The highest BCUT2D eigenvalue weighted by molar-refractivity contribution is 5.84. The summed E-state index contributed by atoms with van der Waals surface area (Å²) in [7, 11) is 0. The molecule has 1 atom stereocenters. The summed E-state index contributed by atoms with van der Waals surface area (Å²) >= 11 is 0. The molecule has 0 aliphatic carbocycles. The van der Waals surface area contributed by atoms with E-state index in [0.29, 0.717) is 6.61 Å². The van der Waals surface area contributed by atoms with Gasteiger partial charge in [0.25, 0.3) is 0 Å². The SMILES string of the molecule is O=C1OCCC1N1CCCNc2ccccc21. The van der Waals surface area contributed by atoms with Crippen molar-refractivity contribution in [1.82, 2.24) is 0 Å². The van der Waals surface area contributed by atoms with Gasteiger partial charge in [0.05, 0.1) is 18.0 Å². The minimum Gasteiger partial charge on any atom is -0.464 e. The predicted octanol–water partition coefficient (Wildman–Crippen LogP) is 1.62. The number of cyclic esters (lactones) is 1. The van der Waals surface area contributed by atoms with Gasteiger partial charge in [-0.25, -0.2) is 4.79 Å². The van der Waals surface area contributed by atoms with Crippen molar-refractivity contribution in [3.8, 4) is 0 Å². The lowest BCUT2D eigenvalue weighted by Crippen LogP contribution is -2.39. The molecule has 1 aromatic rings. The van der Waals surface area contributed by atoms with E-state index < -0.39 is 0 Å². The van der Waals surface area contributed by atoms with Gasteiger partial charge in [0.2, 0.25) is 0 Å². The van der Waals surface area contributed by atoms with Crippen LogP contribution in [0.15, 0.2) is 24.3 Å². The van der Waals surface area contributed by atoms with Gasteiger partial charge < -0.3 is 15.0 Å². The maximum atomic E-state index is 11.7. The number of esters is 1. The zero-order chi connectivity index (χ0) is 11.7. The molecule has 0 aromatic heterocycles. The average Bonchev–Trinajstić information content (AvgIpc) is 2.66. The van der Waals surface area contributed by atoms with Gasteiger partial charge in [0, 0.05) is 19.5 Å². The van der Waals surface area contributed by atoms with Crippen LogP contribution in [0, 0.1) is 0 Å². The summed E-state index contributed by atoms with van der Waals surface area (Å²) in [6.07, 6.45) is 1.84. The van der Waals surface area contributed by atoms with E-state index in [4.69, 9.17) is 4.74 Å². The van der Waals surface area contributed by atoms with Gasteiger partial charge in [-0.2, -0.15) is 0 Å². The number of para-hydroxylation sites is 2. The van der Waals surface area contributed by atoms with E-state index in [0.717, 1.165) is 37.3 Å². The highest BCUT2D eigenvalue weighted by Gasteiger charge is 2.33. The van der Waals surface area contributed by atoms with Crippen molar-refractivity contribution in [1.29, 1.82) is 0 Å². The Morgan fingerprint density at radius 1 is 1.35 bits per heavy atom. The Hall–Kier alpha value is -1.71. The first-order valence-electron chi connectivity index (χ1n) is 6.12. The Labute approximate surface area is 101 Å². The summed E-state index contributed by atoms with van der Waals surface area (Å²) < 4.78 is 5.07. The van der Waals surface area contributed by atoms with E-state index in [1.165, 1.54) is 0 Å². The number of benzene rings is 1. The van der Waals surface area contributed by atoms with E-state index >= 15 is 0 Å². The van der Waals surface area contributed by atoms with Crippen molar-refractivity contribution in [2.24, 2.45) is 0 Å². The van der Waals surface area contributed by atoms with E-state index in [1.807, 2.05) is 12.1 Å². The van der Waals surface area contributed by atoms with Crippen LogP contribution in [-0.2, 0) is 9.53 Å². The van der Waals surface area contributed by atoms with Crippen molar-refractivity contribution in [3.63, 3.8) is 0 Å². The third kappa shape index (κ3) is 1.84. The highest BCUT2D eigenvalue weighted by Crippen LogP contribution is 2.31. The molecule has 0 bridgehead atoms. The second-order valence-electron chi connectivity index (χ2n) is 4.46. The maximum absolute atomic E-state index is 11.7. The minimum absolute atomic E-state index is 0.0818. The number of carbonyl (C=O) groups is 1.